The zero-order valence-corrected chi connectivity index (χ0v) is 6.72. The van der Waals surface area contributed by atoms with Gasteiger partial charge in [-0.05, 0) is 19.2 Å². The second-order valence-corrected chi connectivity index (χ2v) is 2.21. The Morgan fingerprint density at radius 2 is 2.08 bits per heavy atom. The Kier molecular flexibility index (Phi) is 4.92. The molecule has 1 fully saturated rings. The number of nitrogens with zero attached hydrogens (tertiary/aromatic N) is 1. The van der Waals surface area contributed by atoms with Crippen molar-refractivity contribution in [3.63, 3.8) is 0 Å². The summed E-state index contributed by atoms with van der Waals surface area (Å²) < 4.78 is 20.3. The van der Waals surface area contributed by atoms with E-state index in [2.05, 4.69) is 13.2 Å². The number of likely N-dealkylation sites (tertiary alicyclic amines) is 1. The third-order valence-electron chi connectivity index (χ3n) is 1.33. The first-order valence-electron chi connectivity index (χ1n) is 3.50. The number of carbonyl (C=O) groups excluding carboxylic acids is 1. The second kappa shape index (κ2) is 5.46. The van der Waals surface area contributed by atoms with Crippen LogP contribution in [0.1, 0.15) is 12.8 Å². The van der Waals surface area contributed by atoms with E-state index in [9.17, 15) is 13.6 Å². The lowest BCUT2D eigenvalue weighted by Crippen LogP contribution is -2.16. The van der Waals surface area contributed by atoms with Gasteiger partial charge in [-0.25, -0.2) is 0 Å². The average Bonchev–Trinajstić information content (AvgIpc) is 2.33. The molecule has 0 aromatic carbocycles. The summed E-state index contributed by atoms with van der Waals surface area (Å²) >= 11 is 0. The molecule has 0 aromatic rings. The number of amides is 1. The lowest BCUT2D eigenvalue weighted by molar-refractivity contribution is -0.125. The number of hydrogen-bond donors (Lipinski definition) is 0. The van der Waals surface area contributed by atoms with Crippen LogP contribution in [-0.2, 0) is 4.79 Å². The van der Waals surface area contributed by atoms with Crippen molar-refractivity contribution in [2.75, 3.05) is 6.54 Å². The van der Waals surface area contributed by atoms with Gasteiger partial charge in [0.25, 0.3) is 6.08 Å². The van der Waals surface area contributed by atoms with Crippen LogP contribution in [0.3, 0.4) is 0 Å². The van der Waals surface area contributed by atoms with Gasteiger partial charge in [0.15, 0.2) is 0 Å². The maximum absolute atomic E-state index is 10.7. The van der Waals surface area contributed by atoms with Crippen LogP contribution in [0.5, 0.6) is 0 Å². The minimum Gasteiger partial charge on any atom is -0.320 e. The van der Waals surface area contributed by atoms with E-state index in [1.54, 1.807) is 11.1 Å². The molecule has 1 aliphatic heterocycles. The Balaban J connectivity index is 0.000000261. The highest BCUT2D eigenvalue weighted by atomic mass is 19.3. The zero-order valence-electron chi connectivity index (χ0n) is 6.72. The summed E-state index contributed by atoms with van der Waals surface area (Å²) in [5.41, 5.74) is 0. The standard InChI is InChI=1S/C6H9NO.C2H2F2/c1-2-7-5-3-4-6(7)8;1-2(3)4/h2H,1,3-5H2;1H2. The molecule has 0 N–H and O–H groups in total. The topological polar surface area (TPSA) is 20.3 Å². The average molecular weight is 175 g/mol. The monoisotopic (exact) mass is 175 g/mol. The molecule has 0 atom stereocenters. The molecule has 12 heavy (non-hydrogen) atoms. The van der Waals surface area contributed by atoms with E-state index in [1.165, 1.54) is 0 Å². The molecule has 2 nitrogen and oxygen atoms in total. The largest absolute Gasteiger partial charge is 0.320 e. The molecule has 0 saturated carbocycles. The van der Waals surface area contributed by atoms with Gasteiger partial charge in [-0.3, -0.25) is 4.79 Å². The number of rotatable bonds is 1. The fraction of sp³-hybridized carbons (Fsp3) is 0.375. The van der Waals surface area contributed by atoms with E-state index in [1.807, 2.05) is 0 Å². The SMILES string of the molecule is C=C(F)F.C=CN1CCCC1=O. The summed E-state index contributed by atoms with van der Waals surface area (Å²) in [5, 5.41) is 0. The molecule has 0 aromatic heterocycles. The molecule has 1 rings (SSSR count). The first-order valence-corrected chi connectivity index (χ1v) is 3.50. The summed E-state index contributed by atoms with van der Waals surface area (Å²) in [7, 11) is 0. The third-order valence-corrected chi connectivity index (χ3v) is 1.33. The molecule has 4 heteroatoms. The van der Waals surface area contributed by atoms with Gasteiger partial charge in [0.05, 0.1) is 0 Å². The number of carbonyl (C=O) groups is 1. The van der Waals surface area contributed by atoms with Gasteiger partial charge in [0.2, 0.25) is 5.91 Å². The Morgan fingerprint density at radius 1 is 1.58 bits per heavy atom. The van der Waals surface area contributed by atoms with Crippen LogP contribution in [0, 0.1) is 0 Å². The first kappa shape index (κ1) is 10.8. The van der Waals surface area contributed by atoms with E-state index in [0.29, 0.717) is 6.42 Å². The normalized spacial score (nSPS) is 15.2. The van der Waals surface area contributed by atoms with Crippen LogP contribution >= 0.6 is 0 Å². The second-order valence-electron chi connectivity index (χ2n) is 2.21. The first-order chi connectivity index (χ1) is 5.57. The summed E-state index contributed by atoms with van der Waals surface area (Å²) in [6.07, 6.45) is 1.45. The van der Waals surface area contributed by atoms with Gasteiger partial charge < -0.3 is 4.90 Å². The van der Waals surface area contributed by atoms with Crippen molar-refractivity contribution in [3.05, 3.63) is 25.4 Å². The highest BCUT2D eigenvalue weighted by molar-refractivity contribution is 5.78. The molecule has 0 radical (unpaired) electrons. The maximum atomic E-state index is 10.7. The summed E-state index contributed by atoms with van der Waals surface area (Å²) in [4.78, 5) is 12.3. The fourth-order valence-electron chi connectivity index (χ4n) is 0.862. The molecule has 0 aliphatic carbocycles. The van der Waals surface area contributed by atoms with E-state index in [4.69, 9.17) is 0 Å². The van der Waals surface area contributed by atoms with Crippen molar-refractivity contribution in [2.24, 2.45) is 0 Å². The Labute approximate surface area is 70.2 Å². The van der Waals surface area contributed by atoms with E-state index < -0.39 is 6.08 Å². The van der Waals surface area contributed by atoms with Gasteiger partial charge in [-0.2, -0.15) is 8.78 Å². The van der Waals surface area contributed by atoms with Crippen LogP contribution in [0.4, 0.5) is 8.78 Å². The fourth-order valence-corrected chi connectivity index (χ4v) is 0.862. The quantitative estimate of drug-likeness (QED) is 0.598. The maximum Gasteiger partial charge on any atom is 0.263 e. The highest BCUT2D eigenvalue weighted by Crippen LogP contribution is 2.08. The smallest absolute Gasteiger partial charge is 0.263 e. The molecule has 0 bridgehead atoms. The minimum atomic E-state index is -1.83. The van der Waals surface area contributed by atoms with Crippen LogP contribution < -0.4 is 0 Å². The van der Waals surface area contributed by atoms with Crippen LogP contribution in [0.15, 0.2) is 25.4 Å². The van der Waals surface area contributed by atoms with Crippen molar-refractivity contribution >= 4 is 5.91 Å². The molecular formula is C8H11F2NO. The Morgan fingerprint density at radius 3 is 2.25 bits per heavy atom. The van der Waals surface area contributed by atoms with Crippen molar-refractivity contribution in [3.8, 4) is 0 Å². The minimum absolute atomic E-state index is 0.208. The molecular weight excluding hydrogens is 164 g/mol. The van der Waals surface area contributed by atoms with Gasteiger partial charge >= 0.3 is 0 Å². The van der Waals surface area contributed by atoms with Gasteiger partial charge in [-0.1, -0.05) is 6.58 Å². The van der Waals surface area contributed by atoms with Crippen LogP contribution in [0.2, 0.25) is 0 Å². The van der Waals surface area contributed by atoms with Crippen molar-refractivity contribution < 1.29 is 13.6 Å². The summed E-state index contributed by atoms with van der Waals surface area (Å²) in [6, 6.07) is 0. The van der Waals surface area contributed by atoms with Crippen LogP contribution in [-0.4, -0.2) is 17.4 Å². The molecule has 1 heterocycles. The molecule has 1 saturated heterocycles. The van der Waals surface area contributed by atoms with Crippen molar-refractivity contribution in [1.29, 1.82) is 0 Å². The highest BCUT2D eigenvalue weighted by Gasteiger charge is 2.15. The van der Waals surface area contributed by atoms with Gasteiger partial charge in [0, 0.05) is 13.0 Å². The Bertz CT molecular complexity index is 187. The summed E-state index contributed by atoms with van der Waals surface area (Å²) in [6.45, 7) is 6.58. The lowest BCUT2D eigenvalue weighted by Gasteiger charge is -2.05. The van der Waals surface area contributed by atoms with Crippen molar-refractivity contribution in [1.82, 2.24) is 4.90 Å². The summed E-state index contributed by atoms with van der Waals surface area (Å²) in [5.74, 6) is 0.208. The van der Waals surface area contributed by atoms with E-state index in [0.717, 1.165) is 13.0 Å². The molecule has 0 unspecified atom stereocenters. The number of halogens is 2. The van der Waals surface area contributed by atoms with Crippen molar-refractivity contribution in [2.45, 2.75) is 12.8 Å². The molecule has 68 valence electrons. The molecule has 0 spiro atoms. The van der Waals surface area contributed by atoms with Crippen LogP contribution in [0.25, 0.3) is 0 Å². The van der Waals surface area contributed by atoms with Gasteiger partial charge in [0.1, 0.15) is 0 Å². The molecule has 1 amide bonds. The third kappa shape index (κ3) is 4.60. The lowest BCUT2D eigenvalue weighted by atomic mass is 10.4. The zero-order chi connectivity index (χ0) is 9.56. The van der Waals surface area contributed by atoms with E-state index in [-0.39, 0.29) is 5.91 Å². The van der Waals surface area contributed by atoms with E-state index >= 15 is 0 Å². The predicted octanol–water partition coefficient (Wildman–Crippen LogP) is 2.15. The molecule has 1 aliphatic rings. The Hall–Kier alpha value is -1.19. The number of hydrogen-bond acceptors (Lipinski definition) is 1. The predicted molar refractivity (Wildman–Crippen MR) is 42.5 cm³/mol. The van der Waals surface area contributed by atoms with Gasteiger partial charge in [-0.15, -0.1) is 0 Å².